The Hall–Kier alpha value is -1.14. The molecular formula is C32H62O5Si. The maximum absolute atomic E-state index is 12.4. The first-order chi connectivity index (χ1) is 18.1. The van der Waals surface area contributed by atoms with Crippen molar-refractivity contribution in [2.45, 2.75) is 168 Å². The Morgan fingerprint density at radius 1 is 0.658 bits per heavy atom. The molecule has 0 saturated carbocycles. The van der Waals surface area contributed by atoms with Crippen molar-refractivity contribution in [1.29, 1.82) is 0 Å². The van der Waals surface area contributed by atoms with Crippen molar-refractivity contribution in [3.8, 4) is 0 Å². The summed E-state index contributed by atoms with van der Waals surface area (Å²) < 4.78 is 17.6. The predicted molar refractivity (Wildman–Crippen MR) is 163 cm³/mol. The molecule has 0 fully saturated rings. The molecule has 0 rings (SSSR count). The molecule has 0 saturated heterocycles. The molecule has 5 nitrogen and oxygen atoms in total. The molecule has 0 aliphatic heterocycles. The van der Waals surface area contributed by atoms with Gasteiger partial charge in [0.1, 0.15) is 19.3 Å². The van der Waals surface area contributed by atoms with E-state index in [1.165, 1.54) is 64.7 Å². The van der Waals surface area contributed by atoms with Crippen molar-refractivity contribution < 1.29 is 23.5 Å². The summed E-state index contributed by atoms with van der Waals surface area (Å²) >= 11 is 0. The fourth-order valence-electron chi connectivity index (χ4n) is 5.62. The van der Waals surface area contributed by atoms with E-state index in [9.17, 15) is 9.59 Å². The standard InChI is InChI=1S/C32H62O5Si/c1-9-10-11-12-13-14-15-16-17-18-19-20-21-22-23-24-32(34)36-26-31(25-35-30(8)33)37-38(27(2)3,28(4)5)29(6)7/h16-17,27-29,31H,9-15,18-26H2,1-8H3/b17-16-/t31-/m1/s1. The molecule has 6 heteroatoms. The monoisotopic (exact) mass is 554 g/mol. The van der Waals surface area contributed by atoms with Gasteiger partial charge < -0.3 is 13.9 Å². The number of allylic oxidation sites excluding steroid dienone is 2. The molecule has 0 N–H and O–H groups in total. The number of rotatable bonds is 24. The lowest BCUT2D eigenvalue weighted by Crippen LogP contribution is -2.52. The Balaban J connectivity index is 4.25. The van der Waals surface area contributed by atoms with E-state index in [-0.39, 0.29) is 25.2 Å². The topological polar surface area (TPSA) is 61.8 Å². The smallest absolute Gasteiger partial charge is 0.305 e. The fraction of sp³-hybridized carbons (Fsp3) is 0.875. The van der Waals surface area contributed by atoms with E-state index < -0.39 is 14.4 Å². The minimum absolute atomic E-state index is 0.122. The zero-order valence-corrected chi connectivity index (χ0v) is 27.3. The van der Waals surface area contributed by atoms with Crippen molar-refractivity contribution in [2.24, 2.45) is 0 Å². The second-order valence-corrected chi connectivity index (χ2v) is 17.3. The van der Waals surface area contributed by atoms with Crippen LogP contribution in [0.3, 0.4) is 0 Å². The lowest BCUT2D eigenvalue weighted by molar-refractivity contribution is -0.150. The molecule has 0 aromatic carbocycles. The summed E-state index contributed by atoms with van der Waals surface area (Å²) in [7, 11) is -2.19. The molecular weight excluding hydrogens is 492 g/mol. The third kappa shape index (κ3) is 16.7. The highest BCUT2D eigenvalue weighted by molar-refractivity contribution is 6.77. The quantitative estimate of drug-likeness (QED) is 0.0514. The van der Waals surface area contributed by atoms with E-state index in [1.54, 1.807) is 0 Å². The van der Waals surface area contributed by atoms with Crippen molar-refractivity contribution in [3.05, 3.63) is 12.2 Å². The van der Waals surface area contributed by atoms with Crippen LogP contribution in [0.25, 0.3) is 0 Å². The molecule has 0 radical (unpaired) electrons. The molecule has 1 atom stereocenters. The van der Waals surface area contributed by atoms with E-state index in [1.807, 2.05) is 0 Å². The zero-order valence-electron chi connectivity index (χ0n) is 26.3. The second kappa shape index (κ2) is 22.7. The third-order valence-electron chi connectivity index (χ3n) is 7.62. The van der Waals surface area contributed by atoms with Gasteiger partial charge in [0.25, 0.3) is 0 Å². The SMILES string of the molecule is CCCCCCCC/C=C\CCCCCCCC(=O)OC[C@@H](COC(C)=O)O[Si](C(C)C)(C(C)C)C(C)C. The molecule has 0 heterocycles. The highest BCUT2D eigenvalue weighted by Gasteiger charge is 2.47. The van der Waals surface area contributed by atoms with Crippen LogP contribution in [0.15, 0.2) is 12.2 Å². The summed E-state index contributed by atoms with van der Waals surface area (Å²) in [5.74, 6) is -0.533. The van der Waals surface area contributed by atoms with E-state index in [2.05, 4.69) is 60.6 Å². The van der Waals surface area contributed by atoms with Gasteiger partial charge in [-0.3, -0.25) is 9.59 Å². The van der Waals surface area contributed by atoms with Crippen molar-refractivity contribution in [1.82, 2.24) is 0 Å². The predicted octanol–water partition coefficient (Wildman–Crippen LogP) is 9.69. The van der Waals surface area contributed by atoms with Crippen LogP contribution in [0, 0.1) is 0 Å². The molecule has 224 valence electrons. The Kier molecular flexibility index (Phi) is 22.0. The van der Waals surface area contributed by atoms with Gasteiger partial charge >= 0.3 is 11.9 Å². The molecule has 0 bridgehead atoms. The van der Waals surface area contributed by atoms with Crippen LogP contribution in [-0.4, -0.2) is 39.6 Å². The van der Waals surface area contributed by atoms with Crippen LogP contribution < -0.4 is 0 Å². The molecule has 0 aromatic rings. The number of esters is 2. The van der Waals surface area contributed by atoms with Gasteiger partial charge in [-0.1, -0.05) is 112 Å². The third-order valence-corrected chi connectivity index (χ3v) is 13.8. The fourth-order valence-corrected chi connectivity index (χ4v) is 11.2. The van der Waals surface area contributed by atoms with Gasteiger partial charge in [-0.25, -0.2) is 0 Å². The summed E-state index contributed by atoms with van der Waals surface area (Å²) in [6, 6.07) is 0. The number of ether oxygens (including phenoxy) is 2. The molecule has 0 spiro atoms. The van der Waals surface area contributed by atoms with Crippen LogP contribution in [0.1, 0.15) is 145 Å². The maximum atomic E-state index is 12.4. The second-order valence-electron chi connectivity index (χ2n) is 11.9. The molecule has 38 heavy (non-hydrogen) atoms. The number of hydrogen-bond acceptors (Lipinski definition) is 5. The highest BCUT2D eigenvalue weighted by atomic mass is 28.4. The normalized spacial score (nSPS) is 13.1. The average Bonchev–Trinajstić information content (AvgIpc) is 2.85. The highest BCUT2D eigenvalue weighted by Crippen LogP contribution is 2.43. The van der Waals surface area contributed by atoms with Crippen LogP contribution in [0.4, 0.5) is 0 Å². The number of carbonyl (C=O) groups excluding carboxylic acids is 2. The lowest BCUT2D eigenvalue weighted by Gasteiger charge is -2.44. The Bertz CT molecular complexity index is 608. The molecule has 0 aliphatic rings. The van der Waals surface area contributed by atoms with Gasteiger partial charge in [0, 0.05) is 13.3 Å². The van der Waals surface area contributed by atoms with Crippen LogP contribution in [0.2, 0.25) is 16.6 Å². The van der Waals surface area contributed by atoms with Crippen molar-refractivity contribution in [2.75, 3.05) is 13.2 Å². The van der Waals surface area contributed by atoms with Crippen molar-refractivity contribution in [3.63, 3.8) is 0 Å². The van der Waals surface area contributed by atoms with Crippen LogP contribution >= 0.6 is 0 Å². The first kappa shape index (κ1) is 36.9. The van der Waals surface area contributed by atoms with E-state index in [4.69, 9.17) is 13.9 Å². The van der Waals surface area contributed by atoms with Gasteiger partial charge in [0.05, 0.1) is 0 Å². The number of unbranched alkanes of at least 4 members (excludes halogenated alkanes) is 11. The summed E-state index contributed by atoms with van der Waals surface area (Å²) in [5, 5.41) is 0. The maximum Gasteiger partial charge on any atom is 0.305 e. The Morgan fingerprint density at radius 2 is 1.11 bits per heavy atom. The van der Waals surface area contributed by atoms with E-state index in [0.29, 0.717) is 23.0 Å². The summed E-state index contributed by atoms with van der Waals surface area (Å²) in [6.07, 6.45) is 20.7. The summed E-state index contributed by atoms with van der Waals surface area (Å²) in [5.41, 5.74) is 1.19. The molecule has 0 unspecified atom stereocenters. The van der Waals surface area contributed by atoms with Crippen LogP contribution in [0.5, 0.6) is 0 Å². The number of hydrogen-bond donors (Lipinski definition) is 0. The van der Waals surface area contributed by atoms with Crippen LogP contribution in [-0.2, 0) is 23.5 Å². The molecule has 0 aliphatic carbocycles. The minimum Gasteiger partial charge on any atom is -0.463 e. The van der Waals surface area contributed by atoms with Gasteiger partial charge in [-0.05, 0) is 48.7 Å². The van der Waals surface area contributed by atoms with Gasteiger partial charge in [-0.2, -0.15) is 0 Å². The average molecular weight is 555 g/mol. The van der Waals surface area contributed by atoms with E-state index in [0.717, 1.165) is 25.7 Å². The largest absolute Gasteiger partial charge is 0.463 e. The van der Waals surface area contributed by atoms with Crippen molar-refractivity contribution >= 4 is 20.3 Å². The first-order valence-corrected chi connectivity index (χ1v) is 17.8. The molecule has 0 amide bonds. The first-order valence-electron chi connectivity index (χ1n) is 15.7. The minimum atomic E-state index is -2.19. The van der Waals surface area contributed by atoms with Gasteiger partial charge in [-0.15, -0.1) is 0 Å². The summed E-state index contributed by atoms with van der Waals surface area (Å²) in [6.45, 7) is 17.2. The summed E-state index contributed by atoms with van der Waals surface area (Å²) in [4.78, 5) is 23.8. The van der Waals surface area contributed by atoms with Gasteiger partial charge in [0.15, 0.2) is 0 Å². The Morgan fingerprint density at radius 3 is 1.58 bits per heavy atom. The van der Waals surface area contributed by atoms with E-state index >= 15 is 0 Å². The Labute approximate surface area is 237 Å². The zero-order chi connectivity index (χ0) is 28.8. The molecule has 0 aromatic heterocycles. The van der Waals surface area contributed by atoms with Gasteiger partial charge in [0.2, 0.25) is 8.32 Å². The number of carbonyl (C=O) groups is 2. The lowest BCUT2D eigenvalue weighted by atomic mass is 10.1.